The lowest BCUT2D eigenvalue weighted by Gasteiger charge is -2.41. The molecule has 1 aliphatic heterocycles. The molecule has 8 heteroatoms. The molecular weight excluding hydrogens is 452 g/mol. The molecule has 1 saturated heterocycles. The Kier molecular flexibility index (Phi) is 8.93. The van der Waals surface area contributed by atoms with E-state index < -0.39 is 6.04 Å². The van der Waals surface area contributed by atoms with Crippen LogP contribution in [-0.4, -0.2) is 59.4 Å². The normalized spacial score (nSPS) is 17.6. The summed E-state index contributed by atoms with van der Waals surface area (Å²) >= 11 is 6.01. The van der Waals surface area contributed by atoms with E-state index in [4.69, 9.17) is 11.6 Å². The standard InChI is InChI=1S/C26H33ClN4O3/c1-4-18(2)24(29-23(32)15-20-9-6-5-7-10-20)25(33)30-13-14-31(19(3)17-30)26(34)28-22-12-8-11-21(27)16-22/h5-12,16,18-19,24H,4,13-15,17H2,1-3H3,(H,28,34)(H,29,32). The second-order valence-electron chi connectivity index (χ2n) is 8.86. The van der Waals surface area contributed by atoms with E-state index in [2.05, 4.69) is 10.6 Å². The van der Waals surface area contributed by atoms with Crippen LogP contribution in [0.4, 0.5) is 10.5 Å². The maximum absolute atomic E-state index is 13.4. The fourth-order valence-electron chi connectivity index (χ4n) is 4.11. The van der Waals surface area contributed by atoms with Gasteiger partial charge in [0.2, 0.25) is 11.8 Å². The molecule has 2 aromatic rings. The van der Waals surface area contributed by atoms with E-state index in [1.54, 1.807) is 34.1 Å². The second kappa shape index (κ2) is 11.9. The van der Waals surface area contributed by atoms with Gasteiger partial charge in [-0.25, -0.2) is 4.79 Å². The van der Waals surface area contributed by atoms with Crippen molar-refractivity contribution in [3.63, 3.8) is 0 Å². The zero-order valence-corrected chi connectivity index (χ0v) is 20.7. The Balaban J connectivity index is 1.60. The van der Waals surface area contributed by atoms with E-state index in [9.17, 15) is 14.4 Å². The number of anilines is 1. The van der Waals surface area contributed by atoms with E-state index in [1.807, 2.05) is 51.1 Å². The molecule has 0 aromatic heterocycles. The molecule has 4 amide bonds. The van der Waals surface area contributed by atoms with E-state index >= 15 is 0 Å². The van der Waals surface area contributed by atoms with Crippen molar-refractivity contribution in [1.29, 1.82) is 0 Å². The van der Waals surface area contributed by atoms with Crippen molar-refractivity contribution < 1.29 is 14.4 Å². The first-order valence-electron chi connectivity index (χ1n) is 11.7. The van der Waals surface area contributed by atoms with Gasteiger partial charge in [0.1, 0.15) is 6.04 Å². The lowest BCUT2D eigenvalue weighted by Crippen LogP contribution is -2.60. The smallest absolute Gasteiger partial charge is 0.322 e. The molecule has 0 bridgehead atoms. The van der Waals surface area contributed by atoms with Crippen molar-refractivity contribution in [3.05, 3.63) is 65.2 Å². The molecule has 1 heterocycles. The average molecular weight is 485 g/mol. The van der Waals surface area contributed by atoms with Crippen LogP contribution in [0.2, 0.25) is 5.02 Å². The Morgan fingerprint density at radius 1 is 1.09 bits per heavy atom. The maximum atomic E-state index is 13.4. The summed E-state index contributed by atoms with van der Waals surface area (Å²) in [6.07, 6.45) is 0.995. The van der Waals surface area contributed by atoms with E-state index in [0.29, 0.717) is 30.3 Å². The highest BCUT2D eigenvalue weighted by Gasteiger charge is 2.35. The zero-order valence-electron chi connectivity index (χ0n) is 20.0. The summed E-state index contributed by atoms with van der Waals surface area (Å²) in [6.45, 7) is 7.13. The molecule has 3 atom stereocenters. The number of hydrogen-bond acceptors (Lipinski definition) is 3. The lowest BCUT2D eigenvalue weighted by molar-refractivity contribution is -0.139. The van der Waals surface area contributed by atoms with Gasteiger partial charge in [-0.1, -0.05) is 68.3 Å². The van der Waals surface area contributed by atoms with Gasteiger partial charge in [-0.05, 0) is 36.6 Å². The molecule has 2 N–H and O–H groups in total. The molecule has 7 nitrogen and oxygen atoms in total. The van der Waals surface area contributed by atoms with Crippen LogP contribution in [-0.2, 0) is 16.0 Å². The molecule has 3 rings (SSSR count). The number of benzene rings is 2. The van der Waals surface area contributed by atoms with Gasteiger partial charge in [-0.15, -0.1) is 0 Å². The average Bonchev–Trinajstić information content (AvgIpc) is 2.82. The van der Waals surface area contributed by atoms with Crippen molar-refractivity contribution in [1.82, 2.24) is 15.1 Å². The number of rotatable bonds is 7. The third-order valence-corrected chi connectivity index (χ3v) is 6.51. The summed E-state index contributed by atoms with van der Waals surface area (Å²) < 4.78 is 0. The van der Waals surface area contributed by atoms with Gasteiger partial charge in [0.25, 0.3) is 0 Å². The predicted octanol–water partition coefficient (Wildman–Crippen LogP) is 4.18. The second-order valence-corrected chi connectivity index (χ2v) is 9.30. The van der Waals surface area contributed by atoms with Crippen LogP contribution in [0.15, 0.2) is 54.6 Å². The van der Waals surface area contributed by atoms with Gasteiger partial charge < -0.3 is 20.4 Å². The van der Waals surface area contributed by atoms with Crippen molar-refractivity contribution in [2.24, 2.45) is 5.92 Å². The number of urea groups is 1. The van der Waals surface area contributed by atoms with Gasteiger partial charge in [0, 0.05) is 36.4 Å². The highest BCUT2D eigenvalue weighted by molar-refractivity contribution is 6.30. The number of nitrogens with one attached hydrogen (secondary N) is 2. The molecule has 0 spiro atoms. The molecule has 1 fully saturated rings. The topological polar surface area (TPSA) is 81.8 Å². The minimum atomic E-state index is -0.597. The lowest BCUT2D eigenvalue weighted by atomic mass is 9.96. The first-order valence-corrected chi connectivity index (χ1v) is 12.1. The Morgan fingerprint density at radius 3 is 2.47 bits per heavy atom. The van der Waals surface area contributed by atoms with Crippen LogP contribution < -0.4 is 10.6 Å². The highest BCUT2D eigenvalue weighted by atomic mass is 35.5. The Hall–Kier alpha value is -3.06. The summed E-state index contributed by atoms with van der Waals surface area (Å²) in [6, 6.07) is 15.5. The molecule has 0 radical (unpaired) electrons. The number of halogens is 1. The quantitative estimate of drug-likeness (QED) is 0.618. The fourth-order valence-corrected chi connectivity index (χ4v) is 4.30. The van der Waals surface area contributed by atoms with Crippen LogP contribution in [0.3, 0.4) is 0 Å². The summed E-state index contributed by atoms with van der Waals surface area (Å²) in [5.41, 5.74) is 1.53. The SMILES string of the molecule is CCC(C)C(NC(=O)Cc1ccccc1)C(=O)N1CCN(C(=O)Nc2cccc(Cl)c2)C(C)C1. The molecule has 2 aromatic carbocycles. The Bertz CT molecular complexity index is 1000. The largest absolute Gasteiger partial charge is 0.344 e. The third-order valence-electron chi connectivity index (χ3n) is 6.28. The molecule has 34 heavy (non-hydrogen) atoms. The maximum Gasteiger partial charge on any atom is 0.322 e. The Morgan fingerprint density at radius 2 is 1.82 bits per heavy atom. The highest BCUT2D eigenvalue weighted by Crippen LogP contribution is 2.19. The predicted molar refractivity (Wildman–Crippen MR) is 135 cm³/mol. The number of nitrogens with zero attached hydrogens (tertiary/aromatic N) is 2. The van der Waals surface area contributed by atoms with Gasteiger partial charge in [0.15, 0.2) is 0 Å². The van der Waals surface area contributed by atoms with Crippen LogP contribution in [0.25, 0.3) is 0 Å². The van der Waals surface area contributed by atoms with E-state index in [-0.39, 0.29) is 36.2 Å². The third kappa shape index (κ3) is 6.73. The fraction of sp³-hybridized carbons (Fsp3) is 0.423. The van der Waals surface area contributed by atoms with Crippen LogP contribution in [0.1, 0.15) is 32.8 Å². The number of carbonyl (C=O) groups is 3. The van der Waals surface area contributed by atoms with Gasteiger partial charge in [0.05, 0.1) is 6.42 Å². The number of carbonyl (C=O) groups excluding carboxylic acids is 3. The van der Waals surface area contributed by atoms with Gasteiger partial charge >= 0.3 is 6.03 Å². The van der Waals surface area contributed by atoms with Gasteiger partial charge in [-0.3, -0.25) is 9.59 Å². The first kappa shape index (κ1) is 25.6. The zero-order chi connectivity index (χ0) is 24.7. The molecular formula is C26H33ClN4O3. The number of hydrogen-bond donors (Lipinski definition) is 2. The monoisotopic (exact) mass is 484 g/mol. The molecule has 182 valence electrons. The molecule has 0 aliphatic carbocycles. The van der Waals surface area contributed by atoms with Crippen molar-refractivity contribution >= 4 is 35.1 Å². The van der Waals surface area contributed by atoms with Crippen LogP contribution >= 0.6 is 11.6 Å². The summed E-state index contributed by atoms with van der Waals surface area (Å²) in [5.74, 6) is -0.276. The van der Waals surface area contributed by atoms with Crippen molar-refractivity contribution in [2.75, 3.05) is 25.0 Å². The molecule has 1 aliphatic rings. The number of amides is 4. The minimum Gasteiger partial charge on any atom is -0.344 e. The van der Waals surface area contributed by atoms with Crippen molar-refractivity contribution in [2.45, 2.75) is 45.7 Å². The summed E-state index contributed by atoms with van der Waals surface area (Å²) in [7, 11) is 0. The number of piperazine rings is 1. The van der Waals surface area contributed by atoms with Crippen molar-refractivity contribution in [3.8, 4) is 0 Å². The van der Waals surface area contributed by atoms with Gasteiger partial charge in [-0.2, -0.15) is 0 Å². The molecule has 0 saturated carbocycles. The van der Waals surface area contributed by atoms with Crippen LogP contribution in [0.5, 0.6) is 0 Å². The first-order chi connectivity index (χ1) is 16.3. The Labute approximate surface area is 206 Å². The summed E-state index contributed by atoms with van der Waals surface area (Å²) in [4.78, 5) is 42.4. The summed E-state index contributed by atoms with van der Waals surface area (Å²) in [5, 5.41) is 6.38. The van der Waals surface area contributed by atoms with E-state index in [0.717, 1.165) is 12.0 Å². The van der Waals surface area contributed by atoms with Crippen LogP contribution in [0, 0.1) is 5.92 Å². The molecule has 3 unspecified atom stereocenters. The van der Waals surface area contributed by atoms with E-state index in [1.165, 1.54) is 0 Å². The minimum absolute atomic E-state index is 0.00770.